The number of nitrogens with one attached hydrogen (secondary N) is 2. The maximum atomic E-state index is 11.6. The summed E-state index contributed by atoms with van der Waals surface area (Å²) in [6, 6.07) is 1.43. The number of nitrogens with zero attached hydrogens (tertiary/aromatic N) is 1. The van der Waals surface area contributed by atoms with Gasteiger partial charge in [0.15, 0.2) is 0 Å². The van der Waals surface area contributed by atoms with E-state index in [0.29, 0.717) is 18.6 Å². The lowest BCUT2D eigenvalue weighted by atomic mass is 9.99. The monoisotopic (exact) mass is 239 g/mol. The highest BCUT2D eigenvalue weighted by molar-refractivity contribution is 5.78. The van der Waals surface area contributed by atoms with Crippen molar-refractivity contribution >= 4 is 5.91 Å². The van der Waals surface area contributed by atoms with Crippen LogP contribution in [0.2, 0.25) is 0 Å². The topological polar surface area (TPSA) is 44.4 Å². The van der Waals surface area contributed by atoms with Gasteiger partial charge in [-0.15, -0.1) is 0 Å². The summed E-state index contributed by atoms with van der Waals surface area (Å²) in [5.74, 6) is 0.120. The third kappa shape index (κ3) is 3.42. The molecule has 0 radical (unpaired) electrons. The zero-order valence-corrected chi connectivity index (χ0v) is 11.0. The van der Waals surface area contributed by atoms with Crippen molar-refractivity contribution in [3.63, 3.8) is 0 Å². The smallest absolute Gasteiger partial charge is 0.234 e. The highest BCUT2D eigenvalue weighted by atomic mass is 16.1. The molecule has 2 aliphatic heterocycles. The van der Waals surface area contributed by atoms with Gasteiger partial charge in [-0.05, 0) is 39.7 Å². The fraction of sp³-hybridized carbons (Fsp3) is 0.923. The first-order chi connectivity index (χ1) is 8.16. The van der Waals surface area contributed by atoms with Crippen LogP contribution in [-0.4, -0.2) is 48.6 Å². The van der Waals surface area contributed by atoms with Gasteiger partial charge in [0, 0.05) is 24.7 Å². The lowest BCUT2D eigenvalue weighted by Gasteiger charge is -2.32. The van der Waals surface area contributed by atoms with Crippen LogP contribution in [0.5, 0.6) is 0 Å². The van der Waals surface area contributed by atoms with E-state index >= 15 is 0 Å². The largest absolute Gasteiger partial charge is 0.353 e. The fourth-order valence-corrected chi connectivity index (χ4v) is 3.08. The molecule has 2 N–H and O–H groups in total. The average molecular weight is 239 g/mol. The number of amides is 1. The SMILES string of the molecule is CC(C)NC(=O)CNC1CCN2CCCCC12. The van der Waals surface area contributed by atoms with E-state index in [9.17, 15) is 4.79 Å². The maximum Gasteiger partial charge on any atom is 0.234 e. The normalized spacial score (nSPS) is 29.4. The molecule has 17 heavy (non-hydrogen) atoms. The molecule has 0 aromatic heterocycles. The lowest BCUT2D eigenvalue weighted by Crippen LogP contribution is -2.48. The minimum absolute atomic E-state index is 0.120. The third-order valence-corrected chi connectivity index (χ3v) is 3.83. The van der Waals surface area contributed by atoms with Crippen LogP contribution in [0.15, 0.2) is 0 Å². The van der Waals surface area contributed by atoms with Crippen LogP contribution in [-0.2, 0) is 4.79 Å². The van der Waals surface area contributed by atoms with Crippen LogP contribution in [0.1, 0.15) is 39.5 Å². The number of fused-ring (bicyclic) bond motifs is 1. The van der Waals surface area contributed by atoms with Crippen LogP contribution >= 0.6 is 0 Å². The van der Waals surface area contributed by atoms with Crippen molar-refractivity contribution < 1.29 is 4.79 Å². The Kier molecular flexibility index (Phi) is 4.40. The molecule has 2 atom stereocenters. The van der Waals surface area contributed by atoms with Gasteiger partial charge in [-0.2, -0.15) is 0 Å². The molecule has 1 amide bonds. The quantitative estimate of drug-likeness (QED) is 0.760. The maximum absolute atomic E-state index is 11.6. The highest BCUT2D eigenvalue weighted by Gasteiger charge is 2.35. The number of hydrogen-bond donors (Lipinski definition) is 2. The van der Waals surface area contributed by atoms with E-state index in [1.54, 1.807) is 0 Å². The minimum atomic E-state index is 0.120. The second-order valence-electron chi connectivity index (χ2n) is 5.60. The molecule has 2 unspecified atom stereocenters. The number of hydrogen-bond acceptors (Lipinski definition) is 3. The Morgan fingerprint density at radius 2 is 2.12 bits per heavy atom. The van der Waals surface area contributed by atoms with E-state index < -0.39 is 0 Å². The third-order valence-electron chi connectivity index (χ3n) is 3.83. The Bertz CT molecular complexity index is 267. The van der Waals surface area contributed by atoms with Gasteiger partial charge in [0.05, 0.1) is 6.54 Å². The second-order valence-corrected chi connectivity index (χ2v) is 5.60. The lowest BCUT2D eigenvalue weighted by molar-refractivity contribution is -0.120. The van der Waals surface area contributed by atoms with Crippen LogP contribution in [0.4, 0.5) is 0 Å². The van der Waals surface area contributed by atoms with E-state index in [-0.39, 0.29) is 11.9 Å². The van der Waals surface area contributed by atoms with Crippen LogP contribution in [0.25, 0.3) is 0 Å². The average Bonchev–Trinajstić information content (AvgIpc) is 2.69. The van der Waals surface area contributed by atoms with Crippen molar-refractivity contribution in [2.75, 3.05) is 19.6 Å². The number of carbonyl (C=O) groups excluding carboxylic acids is 1. The van der Waals surface area contributed by atoms with Crippen molar-refractivity contribution in [1.82, 2.24) is 15.5 Å². The van der Waals surface area contributed by atoms with E-state index in [1.807, 2.05) is 13.8 Å². The van der Waals surface area contributed by atoms with Gasteiger partial charge in [0.2, 0.25) is 5.91 Å². The fourth-order valence-electron chi connectivity index (χ4n) is 3.08. The van der Waals surface area contributed by atoms with E-state index in [1.165, 1.54) is 38.8 Å². The summed E-state index contributed by atoms with van der Waals surface area (Å²) in [6.07, 6.45) is 5.18. The van der Waals surface area contributed by atoms with Gasteiger partial charge >= 0.3 is 0 Å². The van der Waals surface area contributed by atoms with Crippen LogP contribution < -0.4 is 10.6 Å². The number of rotatable bonds is 4. The van der Waals surface area contributed by atoms with E-state index in [0.717, 1.165) is 0 Å². The van der Waals surface area contributed by atoms with Crippen LogP contribution in [0.3, 0.4) is 0 Å². The zero-order valence-electron chi connectivity index (χ0n) is 11.0. The van der Waals surface area contributed by atoms with E-state index in [4.69, 9.17) is 0 Å². The highest BCUT2D eigenvalue weighted by Crippen LogP contribution is 2.26. The standard InChI is InChI=1S/C13H25N3O/c1-10(2)15-13(17)9-14-11-6-8-16-7-4-3-5-12(11)16/h10-12,14H,3-9H2,1-2H3,(H,15,17). The van der Waals surface area contributed by atoms with E-state index in [2.05, 4.69) is 15.5 Å². The molecule has 2 rings (SSSR count). The molecule has 0 aromatic carbocycles. The minimum Gasteiger partial charge on any atom is -0.353 e. The van der Waals surface area contributed by atoms with Gasteiger partial charge in [0.25, 0.3) is 0 Å². The van der Waals surface area contributed by atoms with Gasteiger partial charge < -0.3 is 10.6 Å². The van der Waals surface area contributed by atoms with Gasteiger partial charge in [-0.3, -0.25) is 9.69 Å². The van der Waals surface area contributed by atoms with Crippen molar-refractivity contribution in [3.05, 3.63) is 0 Å². The molecule has 98 valence electrons. The first-order valence-electron chi connectivity index (χ1n) is 6.93. The summed E-state index contributed by atoms with van der Waals surface area (Å²) in [5, 5.41) is 6.36. The molecule has 2 saturated heterocycles. The Morgan fingerprint density at radius 1 is 1.29 bits per heavy atom. The Morgan fingerprint density at radius 3 is 2.88 bits per heavy atom. The van der Waals surface area contributed by atoms with Crippen molar-refractivity contribution in [2.45, 2.75) is 57.7 Å². The molecular weight excluding hydrogens is 214 g/mol. The molecule has 2 fully saturated rings. The molecule has 0 aromatic rings. The summed E-state index contributed by atoms with van der Waals surface area (Å²) >= 11 is 0. The van der Waals surface area contributed by atoms with Crippen molar-refractivity contribution in [3.8, 4) is 0 Å². The zero-order chi connectivity index (χ0) is 12.3. The predicted molar refractivity (Wildman–Crippen MR) is 68.9 cm³/mol. The molecule has 2 heterocycles. The molecule has 4 nitrogen and oxygen atoms in total. The Labute approximate surface area is 104 Å². The second kappa shape index (κ2) is 5.83. The van der Waals surface area contributed by atoms with Gasteiger partial charge in [-0.25, -0.2) is 0 Å². The van der Waals surface area contributed by atoms with Gasteiger partial charge in [-0.1, -0.05) is 6.42 Å². The summed E-state index contributed by atoms with van der Waals surface area (Å²) in [7, 11) is 0. The van der Waals surface area contributed by atoms with Crippen molar-refractivity contribution in [2.24, 2.45) is 0 Å². The summed E-state index contributed by atoms with van der Waals surface area (Å²) in [5.41, 5.74) is 0. The predicted octanol–water partition coefficient (Wildman–Crippen LogP) is 0.727. The Balaban J connectivity index is 1.74. The number of piperidine rings is 1. The molecule has 0 bridgehead atoms. The van der Waals surface area contributed by atoms with Crippen molar-refractivity contribution in [1.29, 1.82) is 0 Å². The number of carbonyl (C=O) groups is 1. The Hall–Kier alpha value is -0.610. The summed E-state index contributed by atoms with van der Waals surface area (Å²) in [4.78, 5) is 14.2. The molecule has 0 aliphatic carbocycles. The molecule has 4 heteroatoms. The first-order valence-corrected chi connectivity index (χ1v) is 6.93. The summed E-state index contributed by atoms with van der Waals surface area (Å²) in [6.45, 7) is 6.91. The molecule has 0 saturated carbocycles. The molecule has 2 aliphatic rings. The van der Waals surface area contributed by atoms with Crippen LogP contribution in [0, 0.1) is 0 Å². The summed E-state index contributed by atoms with van der Waals surface area (Å²) < 4.78 is 0. The first kappa shape index (κ1) is 12.8. The molecular formula is C13H25N3O. The molecule has 0 spiro atoms. The van der Waals surface area contributed by atoms with Gasteiger partial charge in [0.1, 0.15) is 0 Å².